The Bertz CT molecular complexity index is 748. The van der Waals surface area contributed by atoms with Gasteiger partial charge in [0.25, 0.3) is 0 Å². The number of halogens is 2. The van der Waals surface area contributed by atoms with Crippen LogP contribution >= 0.6 is 23.2 Å². The van der Waals surface area contributed by atoms with E-state index < -0.39 is 4.87 Å². The van der Waals surface area contributed by atoms with Crippen molar-refractivity contribution in [1.82, 2.24) is 0 Å². The van der Waals surface area contributed by atoms with Gasteiger partial charge >= 0.3 is 0 Å². The number of ketones is 1. The SMILES string of the molecule is O=C(c1ccccc1)C1(Cl)CC=CC(Cl)=C1c1ccccc1. The van der Waals surface area contributed by atoms with E-state index in [9.17, 15) is 4.79 Å². The largest absolute Gasteiger partial charge is 0.292 e. The van der Waals surface area contributed by atoms with E-state index in [1.54, 1.807) is 12.1 Å². The van der Waals surface area contributed by atoms with Crippen molar-refractivity contribution in [2.24, 2.45) is 0 Å². The van der Waals surface area contributed by atoms with Crippen LogP contribution < -0.4 is 0 Å². The second-order valence-electron chi connectivity index (χ2n) is 5.19. The molecular formula is C19H14Cl2O. The van der Waals surface area contributed by atoms with Gasteiger partial charge in [-0.05, 0) is 18.1 Å². The minimum atomic E-state index is -1.17. The summed E-state index contributed by atoms with van der Waals surface area (Å²) >= 11 is 13.2. The second kappa shape index (κ2) is 6.12. The average Bonchev–Trinajstić information content (AvgIpc) is 2.56. The smallest absolute Gasteiger partial charge is 0.188 e. The van der Waals surface area contributed by atoms with Crippen LogP contribution in [0.5, 0.6) is 0 Å². The fraction of sp³-hybridized carbons (Fsp3) is 0.105. The van der Waals surface area contributed by atoms with Crippen LogP contribution in [0.4, 0.5) is 0 Å². The molecule has 1 aliphatic rings. The Hall–Kier alpha value is -1.83. The minimum absolute atomic E-state index is 0.129. The highest BCUT2D eigenvalue weighted by Crippen LogP contribution is 2.45. The Morgan fingerprint density at radius 1 is 0.955 bits per heavy atom. The highest BCUT2D eigenvalue weighted by atomic mass is 35.5. The van der Waals surface area contributed by atoms with Gasteiger partial charge in [-0.3, -0.25) is 4.79 Å². The highest BCUT2D eigenvalue weighted by Gasteiger charge is 2.42. The summed E-state index contributed by atoms with van der Waals surface area (Å²) in [6.45, 7) is 0. The lowest BCUT2D eigenvalue weighted by atomic mass is 9.80. The Morgan fingerprint density at radius 3 is 2.18 bits per heavy atom. The first-order chi connectivity index (χ1) is 10.6. The maximum Gasteiger partial charge on any atom is 0.188 e. The average molecular weight is 329 g/mol. The third-order valence-corrected chi connectivity index (χ3v) is 4.59. The van der Waals surface area contributed by atoms with E-state index in [-0.39, 0.29) is 5.78 Å². The van der Waals surface area contributed by atoms with Gasteiger partial charge in [-0.2, -0.15) is 0 Å². The van der Waals surface area contributed by atoms with Crippen molar-refractivity contribution in [3.05, 3.63) is 89.0 Å². The highest BCUT2D eigenvalue weighted by molar-refractivity contribution is 6.48. The number of carbonyl (C=O) groups excluding carboxylic acids is 1. The molecule has 0 spiro atoms. The molecule has 0 bridgehead atoms. The molecule has 0 amide bonds. The second-order valence-corrected chi connectivity index (χ2v) is 6.24. The van der Waals surface area contributed by atoms with Crippen molar-refractivity contribution >= 4 is 34.6 Å². The fourth-order valence-electron chi connectivity index (χ4n) is 2.70. The molecule has 3 heteroatoms. The predicted molar refractivity (Wildman–Crippen MR) is 92.3 cm³/mol. The zero-order valence-electron chi connectivity index (χ0n) is 11.8. The number of allylic oxidation sites excluding steroid dienone is 4. The van der Waals surface area contributed by atoms with Crippen LogP contribution in [0, 0.1) is 0 Å². The summed E-state index contributed by atoms with van der Waals surface area (Å²) in [6, 6.07) is 18.7. The van der Waals surface area contributed by atoms with Crippen molar-refractivity contribution < 1.29 is 4.79 Å². The summed E-state index contributed by atoms with van der Waals surface area (Å²) in [5.74, 6) is -0.129. The van der Waals surface area contributed by atoms with Crippen molar-refractivity contribution in [2.45, 2.75) is 11.3 Å². The Balaban J connectivity index is 2.12. The number of hydrogen-bond donors (Lipinski definition) is 0. The number of benzene rings is 2. The molecule has 1 aliphatic carbocycles. The van der Waals surface area contributed by atoms with Gasteiger partial charge in [0.1, 0.15) is 4.87 Å². The molecule has 0 radical (unpaired) electrons. The monoisotopic (exact) mass is 328 g/mol. The summed E-state index contributed by atoms with van der Waals surface area (Å²) in [5.41, 5.74) is 2.13. The first-order valence-electron chi connectivity index (χ1n) is 7.04. The molecule has 2 aromatic rings. The predicted octanol–water partition coefficient (Wildman–Crippen LogP) is 5.46. The normalized spacial score (nSPS) is 21.0. The van der Waals surface area contributed by atoms with Gasteiger partial charge in [0, 0.05) is 16.2 Å². The van der Waals surface area contributed by atoms with Crippen LogP contribution in [0.1, 0.15) is 22.3 Å². The van der Waals surface area contributed by atoms with Gasteiger partial charge in [-0.15, -0.1) is 11.6 Å². The van der Waals surface area contributed by atoms with Crippen molar-refractivity contribution in [1.29, 1.82) is 0 Å². The molecule has 0 heterocycles. The summed E-state index contributed by atoms with van der Waals surface area (Å²) in [4.78, 5) is 11.8. The maximum atomic E-state index is 13.0. The molecule has 2 aromatic carbocycles. The number of rotatable bonds is 3. The molecule has 0 saturated heterocycles. The zero-order chi connectivity index (χ0) is 15.6. The molecule has 0 N–H and O–H groups in total. The lowest BCUT2D eigenvalue weighted by molar-refractivity contribution is 0.0963. The van der Waals surface area contributed by atoms with E-state index in [2.05, 4.69) is 0 Å². The molecular weight excluding hydrogens is 315 g/mol. The topological polar surface area (TPSA) is 17.1 Å². The van der Waals surface area contributed by atoms with Crippen LogP contribution in [-0.4, -0.2) is 10.7 Å². The van der Waals surface area contributed by atoms with E-state index in [4.69, 9.17) is 23.2 Å². The molecule has 22 heavy (non-hydrogen) atoms. The van der Waals surface area contributed by atoms with Crippen molar-refractivity contribution in [3.8, 4) is 0 Å². The summed E-state index contributed by atoms with van der Waals surface area (Å²) in [5, 5.41) is 0.511. The third-order valence-electron chi connectivity index (χ3n) is 3.76. The van der Waals surface area contributed by atoms with Crippen LogP contribution in [-0.2, 0) is 0 Å². The lowest BCUT2D eigenvalue weighted by Gasteiger charge is -2.31. The van der Waals surface area contributed by atoms with Crippen LogP contribution in [0.25, 0.3) is 5.57 Å². The number of alkyl halides is 1. The van der Waals surface area contributed by atoms with E-state index >= 15 is 0 Å². The van der Waals surface area contributed by atoms with Gasteiger partial charge < -0.3 is 0 Å². The van der Waals surface area contributed by atoms with Crippen molar-refractivity contribution in [3.63, 3.8) is 0 Å². The van der Waals surface area contributed by atoms with E-state index in [1.165, 1.54) is 0 Å². The number of carbonyl (C=O) groups is 1. The molecule has 0 saturated carbocycles. The van der Waals surface area contributed by atoms with E-state index in [0.717, 1.165) is 5.56 Å². The molecule has 110 valence electrons. The van der Waals surface area contributed by atoms with Gasteiger partial charge in [0.2, 0.25) is 0 Å². The minimum Gasteiger partial charge on any atom is -0.292 e. The Kier molecular flexibility index (Phi) is 4.19. The molecule has 0 aromatic heterocycles. The van der Waals surface area contributed by atoms with Crippen LogP contribution in [0.2, 0.25) is 0 Å². The standard InChI is InChI=1S/C19H14Cl2O/c20-16-12-7-13-19(21,17(16)14-8-3-1-4-9-14)18(22)15-10-5-2-6-11-15/h1-12H,13H2. The van der Waals surface area contributed by atoms with Gasteiger partial charge in [-0.1, -0.05) is 78.3 Å². The Morgan fingerprint density at radius 2 is 1.55 bits per heavy atom. The fourth-order valence-corrected chi connectivity index (χ4v) is 3.51. The zero-order valence-corrected chi connectivity index (χ0v) is 13.3. The lowest BCUT2D eigenvalue weighted by Crippen LogP contribution is -2.35. The van der Waals surface area contributed by atoms with Crippen LogP contribution in [0.3, 0.4) is 0 Å². The third kappa shape index (κ3) is 2.63. The summed E-state index contributed by atoms with van der Waals surface area (Å²) in [6.07, 6.45) is 4.08. The summed E-state index contributed by atoms with van der Waals surface area (Å²) < 4.78 is 0. The molecule has 0 aliphatic heterocycles. The number of Topliss-reactive ketones (excluding diaryl/α,β-unsaturated/α-hetero) is 1. The van der Waals surface area contributed by atoms with Gasteiger partial charge in [0.15, 0.2) is 5.78 Å². The van der Waals surface area contributed by atoms with Gasteiger partial charge in [0.05, 0.1) is 0 Å². The summed E-state index contributed by atoms with van der Waals surface area (Å²) in [7, 11) is 0. The molecule has 0 fully saturated rings. The molecule has 3 rings (SSSR count). The maximum absolute atomic E-state index is 13.0. The number of hydrogen-bond acceptors (Lipinski definition) is 1. The molecule has 1 nitrogen and oxygen atoms in total. The van der Waals surface area contributed by atoms with E-state index in [0.29, 0.717) is 22.6 Å². The Labute approximate surface area is 139 Å². The van der Waals surface area contributed by atoms with Gasteiger partial charge in [-0.25, -0.2) is 0 Å². The van der Waals surface area contributed by atoms with E-state index in [1.807, 2.05) is 60.7 Å². The first-order valence-corrected chi connectivity index (χ1v) is 7.79. The first kappa shape index (κ1) is 15.1. The quantitative estimate of drug-likeness (QED) is 0.540. The van der Waals surface area contributed by atoms with Crippen LogP contribution in [0.15, 0.2) is 77.8 Å². The molecule has 1 atom stereocenters. The van der Waals surface area contributed by atoms with Crippen molar-refractivity contribution in [2.75, 3.05) is 0 Å². The molecule has 1 unspecified atom stereocenters.